The van der Waals surface area contributed by atoms with Crippen LogP contribution in [-0.4, -0.2) is 25.3 Å². The molecule has 0 saturated carbocycles. The molecule has 0 aliphatic heterocycles. The first-order valence-corrected chi connectivity index (χ1v) is 7.79. The van der Waals surface area contributed by atoms with E-state index in [1.165, 1.54) is 16.4 Å². The van der Waals surface area contributed by atoms with Gasteiger partial charge in [-0.2, -0.15) is 4.31 Å². The fourth-order valence-corrected chi connectivity index (χ4v) is 3.66. The van der Waals surface area contributed by atoms with Gasteiger partial charge in [0, 0.05) is 19.1 Å². The van der Waals surface area contributed by atoms with Gasteiger partial charge < -0.3 is 5.73 Å². The van der Waals surface area contributed by atoms with Crippen molar-refractivity contribution in [1.82, 2.24) is 4.31 Å². The van der Waals surface area contributed by atoms with Crippen LogP contribution >= 0.6 is 0 Å². The lowest BCUT2D eigenvalue weighted by molar-refractivity contribution is 0.352. The average Bonchev–Trinajstić information content (AvgIpc) is 2.34. The summed E-state index contributed by atoms with van der Waals surface area (Å²) in [5.41, 5.74) is 5.98. The van der Waals surface area contributed by atoms with E-state index in [1.807, 2.05) is 6.92 Å². The van der Waals surface area contributed by atoms with E-state index in [-0.39, 0.29) is 17.5 Å². The summed E-state index contributed by atoms with van der Waals surface area (Å²) in [5.74, 6) is -0.746. The molecule has 0 atom stereocenters. The van der Waals surface area contributed by atoms with Crippen molar-refractivity contribution < 1.29 is 12.8 Å². The molecule has 0 saturated heterocycles. The topological polar surface area (TPSA) is 63.4 Å². The van der Waals surface area contributed by atoms with Crippen molar-refractivity contribution in [3.63, 3.8) is 0 Å². The maximum absolute atomic E-state index is 13.9. The zero-order valence-electron chi connectivity index (χ0n) is 11.6. The lowest BCUT2D eigenvalue weighted by atomic mass is 10.2. The molecule has 0 spiro atoms. The highest BCUT2D eigenvalue weighted by atomic mass is 32.2. The maximum Gasteiger partial charge on any atom is 0.246 e. The summed E-state index contributed by atoms with van der Waals surface area (Å²) in [6.07, 6.45) is 0.680. The van der Waals surface area contributed by atoms with Crippen molar-refractivity contribution >= 4 is 10.0 Å². The van der Waals surface area contributed by atoms with Gasteiger partial charge in [0.05, 0.1) is 0 Å². The molecule has 0 unspecified atom stereocenters. The molecular weight excluding hydrogens is 267 g/mol. The number of benzene rings is 1. The van der Waals surface area contributed by atoms with Crippen LogP contribution in [0.2, 0.25) is 0 Å². The van der Waals surface area contributed by atoms with Gasteiger partial charge in [0.1, 0.15) is 10.7 Å². The Bertz CT molecular complexity index is 529. The van der Waals surface area contributed by atoms with Crippen LogP contribution in [-0.2, 0) is 16.6 Å². The number of nitrogens with two attached hydrogens (primary N) is 1. The van der Waals surface area contributed by atoms with Crippen LogP contribution in [0.25, 0.3) is 0 Å². The molecule has 1 aromatic rings. The third-order valence-electron chi connectivity index (χ3n) is 2.84. The van der Waals surface area contributed by atoms with Gasteiger partial charge in [-0.05, 0) is 38.0 Å². The van der Waals surface area contributed by atoms with Crippen LogP contribution in [0.3, 0.4) is 0 Å². The Hall–Kier alpha value is -0.980. The van der Waals surface area contributed by atoms with E-state index in [4.69, 9.17) is 5.73 Å². The summed E-state index contributed by atoms with van der Waals surface area (Å²) < 4.78 is 40.1. The van der Waals surface area contributed by atoms with E-state index < -0.39 is 15.8 Å². The van der Waals surface area contributed by atoms with Crippen molar-refractivity contribution in [2.45, 2.75) is 44.7 Å². The van der Waals surface area contributed by atoms with Gasteiger partial charge in [-0.25, -0.2) is 12.8 Å². The van der Waals surface area contributed by atoms with Gasteiger partial charge in [0.2, 0.25) is 10.0 Å². The van der Waals surface area contributed by atoms with Crippen LogP contribution < -0.4 is 5.73 Å². The van der Waals surface area contributed by atoms with Crippen molar-refractivity contribution in [2.75, 3.05) is 6.54 Å². The van der Waals surface area contributed by atoms with Crippen LogP contribution in [0.1, 0.15) is 32.8 Å². The Kier molecular flexibility index (Phi) is 5.46. The Morgan fingerprint density at radius 3 is 2.42 bits per heavy atom. The van der Waals surface area contributed by atoms with Crippen molar-refractivity contribution in [1.29, 1.82) is 0 Å². The zero-order chi connectivity index (χ0) is 14.6. The lowest BCUT2D eigenvalue weighted by Crippen LogP contribution is -2.37. The van der Waals surface area contributed by atoms with Crippen LogP contribution in [0.5, 0.6) is 0 Å². The summed E-state index contributed by atoms with van der Waals surface area (Å²) in [6, 6.07) is 3.80. The molecule has 0 amide bonds. The first kappa shape index (κ1) is 16.1. The van der Waals surface area contributed by atoms with E-state index >= 15 is 0 Å². The molecule has 1 rings (SSSR count). The molecule has 0 radical (unpaired) electrons. The molecule has 0 aliphatic carbocycles. The molecule has 0 fully saturated rings. The summed E-state index contributed by atoms with van der Waals surface area (Å²) in [5, 5.41) is 0. The Morgan fingerprint density at radius 2 is 2.00 bits per heavy atom. The number of nitrogens with zero attached hydrogens (tertiary/aromatic N) is 1. The van der Waals surface area contributed by atoms with Crippen molar-refractivity contribution in [3.05, 3.63) is 29.6 Å². The first-order valence-electron chi connectivity index (χ1n) is 6.35. The standard InChI is InChI=1S/C13H21FN2O2S/c1-4-7-16(10(2)3)19(17,18)13-6-5-11(9-15)8-12(13)14/h5-6,8,10H,4,7,9,15H2,1-3H3. The van der Waals surface area contributed by atoms with E-state index in [9.17, 15) is 12.8 Å². The van der Waals surface area contributed by atoms with Crippen LogP contribution in [0, 0.1) is 5.82 Å². The highest BCUT2D eigenvalue weighted by Gasteiger charge is 2.28. The van der Waals surface area contributed by atoms with Gasteiger partial charge in [-0.1, -0.05) is 13.0 Å². The number of hydrogen-bond donors (Lipinski definition) is 1. The summed E-state index contributed by atoms with van der Waals surface area (Å²) >= 11 is 0. The van der Waals surface area contributed by atoms with Gasteiger partial charge in [-0.3, -0.25) is 0 Å². The second-order valence-electron chi connectivity index (χ2n) is 4.68. The molecule has 0 bridgehead atoms. The quantitative estimate of drug-likeness (QED) is 0.872. The second-order valence-corrected chi connectivity index (χ2v) is 6.54. The number of halogens is 1. The van der Waals surface area contributed by atoms with Gasteiger partial charge in [-0.15, -0.1) is 0 Å². The maximum atomic E-state index is 13.9. The van der Waals surface area contributed by atoms with Crippen LogP contribution in [0.4, 0.5) is 4.39 Å². The van der Waals surface area contributed by atoms with Gasteiger partial charge in [0.15, 0.2) is 0 Å². The molecule has 0 heterocycles. The summed E-state index contributed by atoms with van der Waals surface area (Å²) in [7, 11) is -3.80. The molecule has 4 nitrogen and oxygen atoms in total. The fraction of sp³-hybridized carbons (Fsp3) is 0.538. The molecule has 1 aromatic carbocycles. The average molecular weight is 288 g/mol. The number of sulfonamides is 1. The molecule has 6 heteroatoms. The molecule has 2 N–H and O–H groups in total. The largest absolute Gasteiger partial charge is 0.326 e. The predicted octanol–water partition coefficient (Wildman–Crippen LogP) is 2.09. The van der Waals surface area contributed by atoms with Crippen molar-refractivity contribution in [3.8, 4) is 0 Å². The molecular formula is C13H21FN2O2S. The first-order chi connectivity index (χ1) is 8.84. The number of rotatable bonds is 6. The smallest absolute Gasteiger partial charge is 0.246 e. The highest BCUT2D eigenvalue weighted by Crippen LogP contribution is 2.22. The Morgan fingerprint density at radius 1 is 1.37 bits per heavy atom. The van der Waals surface area contributed by atoms with Crippen molar-refractivity contribution in [2.24, 2.45) is 5.73 Å². The zero-order valence-corrected chi connectivity index (χ0v) is 12.4. The molecule has 108 valence electrons. The van der Waals surface area contributed by atoms with Gasteiger partial charge in [0.25, 0.3) is 0 Å². The molecule has 19 heavy (non-hydrogen) atoms. The van der Waals surface area contributed by atoms with Crippen LogP contribution in [0.15, 0.2) is 23.1 Å². The second kappa shape index (κ2) is 6.45. The number of hydrogen-bond acceptors (Lipinski definition) is 3. The Labute approximate surface area is 114 Å². The minimum absolute atomic E-state index is 0.181. The summed E-state index contributed by atoms with van der Waals surface area (Å²) in [6.45, 7) is 6.00. The summed E-state index contributed by atoms with van der Waals surface area (Å²) in [4.78, 5) is -0.285. The fourth-order valence-electron chi connectivity index (χ4n) is 1.88. The monoisotopic (exact) mass is 288 g/mol. The Balaban J connectivity index is 3.25. The molecule has 0 aliphatic rings. The van der Waals surface area contributed by atoms with Gasteiger partial charge >= 0.3 is 0 Å². The SMILES string of the molecule is CCCN(C(C)C)S(=O)(=O)c1ccc(CN)cc1F. The van der Waals surface area contributed by atoms with E-state index in [0.717, 1.165) is 0 Å². The van der Waals surface area contributed by atoms with E-state index in [1.54, 1.807) is 19.9 Å². The lowest BCUT2D eigenvalue weighted by Gasteiger charge is -2.25. The minimum atomic E-state index is -3.80. The third kappa shape index (κ3) is 3.52. The highest BCUT2D eigenvalue weighted by molar-refractivity contribution is 7.89. The normalized spacial score (nSPS) is 12.4. The predicted molar refractivity (Wildman–Crippen MR) is 73.6 cm³/mol. The third-order valence-corrected chi connectivity index (χ3v) is 4.95. The minimum Gasteiger partial charge on any atom is -0.326 e. The van der Waals surface area contributed by atoms with E-state index in [0.29, 0.717) is 18.5 Å². The molecule has 0 aromatic heterocycles. The van der Waals surface area contributed by atoms with E-state index in [2.05, 4.69) is 0 Å².